The lowest BCUT2D eigenvalue weighted by Gasteiger charge is -2.13. The van der Waals surface area contributed by atoms with Gasteiger partial charge in [-0.3, -0.25) is 9.78 Å². The van der Waals surface area contributed by atoms with E-state index in [9.17, 15) is 4.79 Å². The lowest BCUT2D eigenvalue weighted by Crippen LogP contribution is -2.10. The lowest BCUT2D eigenvalue weighted by atomic mass is 9.92. The summed E-state index contributed by atoms with van der Waals surface area (Å²) in [4.78, 5) is 16.1. The Morgan fingerprint density at radius 1 is 1.31 bits per heavy atom. The van der Waals surface area contributed by atoms with E-state index in [0.29, 0.717) is 12.2 Å². The molecule has 1 aromatic heterocycles. The number of hydrogen-bond acceptors (Lipinski definition) is 3. The molecule has 0 amide bonds. The molecule has 0 saturated heterocycles. The number of rotatable bonds is 2. The van der Waals surface area contributed by atoms with Crippen molar-refractivity contribution in [2.75, 3.05) is 7.11 Å². The zero-order chi connectivity index (χ0) is 11.4. The molecular weight excluding hydrogens is 202 g/mol. The molecule has 1 saturated carbocycles. The van der Waals surface area contributed by atoms with Gasteiger partial charge in [0.1, 0.15) is 11.5 Å². The highest BCUT2D eigenvalue weighted by Gasteiger charge is 2.22. The molecule has 1 fully saturated rings. The quantitative estimate of drug-likeness (QED) is 0.718. The molecule has 2 rings (SSSR count). The van der Waals surface area contributed by atoms with Crippen LogP contribution in [0.1, 0.15) is 43.6 Å². The third-order valence-corrected chi connectivity index (χ3v) is 3.18. The highest BCUT2D eigenvalue weighted by atomic mass is 16.5. The van der Waals surface area contributed by atoms with Gasteiger partial charge in [0, 0.05) is 18.5 Å². The topological polar surface area (TPSA) is 39.2 Å². The van der Waals surface area contributed by atoms with Crippen molar-refractivity contribution in [1.29, 1.82) is 0 Å². The highest BCUT2D eigenvalue weighted by Crippen LogP contribution is 2.30. The standard InChI is InChI=1S/C13H17NO2/c1-16-11-7-10(8-14-9-11)12-5-3-2-4-6-13(12)15/h7-9,12H,2-6H2,1H3. The Bertz CT molecular complexity index is 376. The van der Waals surface area contributed by atoms with E-state index in [0.717, 1.165) is 30.6 Å². The Hall–Kier alpha value is -1.38. The van der Waals surface area contributed by atoms with Crippen molar-refractivity contribution in [2.45, 2.75) is 38.0 Å². The summed E-state index contributed by atoms with van der Waals surface area (Å²) in [5.74, 6) is 1.12. The van der Waals surface area contributed by atoms with Gasteiger partial charge in [-0.2, -0.15) is 0 Å². The first-order valence-electron chi connectivity index (χ1n) is 5.83. The van der Waals surface area contributed by atoms with Gasteiger partial charge in [-0.15, -0.1) is 0 Å². The minimum Gasteiger partial charge on any atom is -0.495 e. The number of aromatic nitrogens is 1. The molecule has 86 valence electrons. The molecule has 1 unspecified atom stereocenters. The third kappa shape index (κ3) is 2.40. The van der Waals surface area contributed by atoms with E-state index in [2.05, 4.69) is 4.98 Å². The van der Waals surface area contributed by atoms with Crippen LogP contribution in [0.5, 0.6) is 5.75 Å². The van der Waals surface area contributed by atoms with Crippen molar-refractivity contribution < 1.29 is 9.53 Å². The summed E-state index contributed by atoms with van der Waals surface area (Å²) in [6.07, 6.45) is 8.45. The Kier molecular flexibility index (Phi) is 3.54. The van der Waals surface area contributed by atoms with E-state index in [1.165, 1.54) is 6.42 Å². The number of pyridine rings is 1. The maximum atomic E-state index is 11.9. The molecule has 16 heavy (non-hydrogen) atoms. The normalized spacial score (nSPS) is 21.6. The largest absolute Gasteiger partial charge is 0.495 e. The first-order valence-corrected chi connectivity index (χ1v) is 5.83. The van der Waals surface area contributed by atoms with Crippen molar-refractivity contribution in [3.8, 4) is 5.75 Å². The fourth-order valence-corrected chi connectivity index (χ4v) is 2.25. The van der Waals surface area contributed by atoms with Gasteiger partial charge in [0.05, 0.1) is 13.3 Å². The van der Waals surface area contributed by atoms with E-state index in [-0.39, 0.29) is 5.92 Å². The van der Waals surface area contributed by atoms with Gasteiger partial charge in [-0.1, -0.05) is 12.8 Å². The van der Waals surface area contributed by atoms with Crippen LogP contribution >= 0.6 is 0 Å². The van der Waals surface area contributed by atoms with E-state index in [4.69, 9.17) is 4.74 Å². The number of Topliss-reactive ketones (excluding diaryl/α,β-unsaturated/α-hetero) is 1. The van der Waals surface area contributed by atoms with Crippen molar-refractivity contribution in [3.05, 3.63) is 24.0 Å². The van der Waals surface area contributed by atoms with Crippen LogP contribution in [0.4, 0.5) is 0 Å². The molecule has 0 N–H and O–H groups in total. The predicted octanol–water partition coefficient (Wildman–Crippen LogP) is 2.71. The first kappa shape index (κ1) is 11.1. The van der Waals surface area contributed by atoms with Crippen LogP contribution in [0.25, 0.3) is 0 Å². The van der Waals surface area contributed by atoms with Gasteiger partial charge >= 0.3 is 0 Å². The van der Waals surface area contributed by atoms with Gasteiger partial charge < -0.3 is 4.74 Å². The molecule has 0 aliphatic heterocycles. The van der Waals surface area contributed by atoms with Gasteiger partial charge in [-0.05, 0) is 24.5 Å². The molecule has 3 nitrogen and oxygen atoms in total. The van der Waals surface area contributed by atoms with Crippen LogP contribution in [0.3, 0.4) is 0 Å². The van der Waals surface area contributed by atoms with E-state index in [1.54, 1.807) is 19.5 Å². The molecule has 0 radical (unpaired) electrons. The number of nitrogens with zero attached hydrogens (tertiary/aromatic N) is 1. The smallest absolute Gasteiger partial charge is 0.140 e. The zero-order valence-electron chi connectivity index (χ0n) is 9.61. The van der Waals surface area contributed by atoms with Crippen LogP contribution < -0.4 is 4.74 Å². The third-order valence-electron chi connectivity index (χ3n) is 3.18. The Morgan fingerprint density at radius 3 is 3.00 bits per heavy atom. The molecule has 1 aliphatic carbocycles. The minimum atomic E-state index is 0.0325. The second-order valence-corrected chi connectivity index (χ2v) is 4.28. The molecule has 1 atom stereocenters. The fourth-order valence-electron chi connectivity index (χ4n) is 2.25. The predicted molar refractivity (Wildman–Crippen MR) is 61.6 cm³/mol. The number of ketones is 1. The summed E-state index contributed by atoms with van der Waals surface area (Å²) in [6, 6.07) is 1.93. The lowest BCUT2D eigenvalue weighted by molar-refractivity contribution is -0.120. The molecule has 1 aromatic rings. The number of methoxy groups -OCH3 is 1. The van der Waals surface area contributed by atoms with E-state index in [1.807, 2.05) is 6.07 Å². The van der Waals surface area contributed by atoms with Crippen molar-refractivity contribution >= 4 is 5.78 Å². The maximum absolute atomic E-state index is 11.9. The van der Waals surface area contributed by atoms with E-state index < -0.39 is 0 Å². The van der Waals surface area contributed by atoms with Crippen molar-refractivity contribution in [1.82, 2.24) is 4.98 Å². The minimum absolute atomic E-state index is 0.0325. The van der Waals surface area contributed by atoms with Crippen molar-refractivity contribution in [2.24, 2.45) is 0 Å². The Morgan fingerprint density at radius 2 is 2.19 bits per heavy atom. The molecule has 3 heteroatoms. The SMILES string of the molecule is COc1cncc(C2CCCCCC2=O)c1. The molecule has 0 bridgehead atoms. The second kappa shape index (κ2) is 5.10. The highest BCUT2D eigenvalue weighted by molar-refractivity contribution is 5.85. The molecular formula is C13H17NO2. The van der Waals surface area contributed by atoms with Crippen LogP contribution in [-0.2, 0) is 4.79 Å². The van der Waals surface area contributed by atoms with Crippen LogP contribution in [0.2, 0.25) is 0 Å². The summed E-state index contributed by atoms with van der Waals surface area (Å²) in [5.41, 5.74) is 1.01. The second-order valence-electron chi connectivity index (χ2n) is 4.28. The summed E-state index contributed by atoms with van der Waals surface area (Å²) < 4.78 is 5.14. The zero-order valence-corrected chi connectivity index (χ0v) is 9.61. The van der Waals surface area contributed by atoms with Crippen LogP contribution in [0.15, 0.2) is 18.5 Å². The summed E-state index contributed by atoms with van der Waals surface area (Å²) in [7, 11) is 1.62. The van der Waals surface area contributed by atoms with Gasteiger partial charge in [-0.25, -0.2) is 0 Å². The molecule has 1 heterocycles. The van der Waals surface area contributed by atoms with Gasteiger partial charge in [0.25, 0.3) is 0 Å². The fraction of sp³-hybridized carbons (Fsp3) is 0.538. The summed E-state index contributed by atoms with van der Waals surface area (Å²) in [5, 5.41) is 0. The number of hydrogen-bond donors (Lipinski definition) is 0. The van der Waals surface area contributed by atoms with Gasteiger partial charge in [0.15, 0.2) is 0 Å². The average Bonchev–Trinajstić information content (AvgIpc) is 2.54. The number of ether oxygens (including phenoxy) is 1. The van der Waals surface area contributed by atoms with E-state index >= 15 is 0 Å². The Labute approximate surface area is 95.8 Å². The van der Waals surface area contributed by atoms with Crippen molar-refractivity contribution in [3.63, 3.8) is 0 Å². The Balaban J connectivity index is 2.23. The molecule has 1 aliphatic rings. The van der Waals surface area contributed by atoms with Crippen LogP contribution in [0, 0.1) is 0 Å². The summed E-state index contributed by atoms with van der Waals surface area (Å²) >= 11 is 0. The van der Waals surface area contributed by atoms with Crippen LogP contribution in [-0.4, -0.2) is 17.9 Å². The average molecular weight is 219 g/mol. The molecule has 0 aromatic carbocycles. The number of carbonyl (C=O) groups is 1. The summed E-state index contributed by atoms with van der Waals surface area (Å²) in [6.45, 7) is 0. The van der Waals surface area contributed by atoms with Gasteiger partial charge in [0.2, 0.25) is 0 Å². The maximum Gasteiger partial charge on any atom is 0.140 e. The monoisotopic (exact) mass is 219 g/mol. The molecule has 0 spiro atoms. The first-order chi connectivity index (χ1) is 7.81. The number of carbonyl (C=O) groups excluding carboxylic acids is 1.